The van der Waals surface area contributed by atoms with Gasteiger partial charge in [0.2, 0.25) is 0 Å². The van der Waals surface area contributed by atoms with Gasteiger partial charge in [0.15, 0.2) is 0 Å². The molecule has 0 radical (unpaired) electrons. The van der Waals surface area contributed by atoms with Crippen molar-refractivity contribution in [2.75, 3.05) is 0 Å². The van der Waals surface area contributed by atoms with Crippen molar-refractivity contribution < 1.29 is 0 Å². The average molecular weight is 256 g/mol. The third-order valence-electron chi connectivity index (χ3n) is 3.42. The fourth-order valence-corrected chi connectivity index (χ4v) is 2.36. The van der Waals surface area contributed by atoms with Gasteiger partial charge >= 0.3 is 0 Å². The first-order valence-corrected chi connectivity index (χ1v) is 6.75. The minimum atomic E-state index is 1.14. The number of allylic oxidation sites excluding steroid dienone is 2. The lowest BCUT2D eigenvalue weighted by atomic mass is 9.99. The van der Waals surface area contributed by atoms with Crippen LogP contribution in [0.1, 0.15) is 11.1 Å². The molecule has 0 N–H and O–H groups in total. The van der Waals surface area contributed by atoms with E-state index in [9.17, 15) is 0 Å². The Kier molecular flexibility index (Phi) is 3.47. The normalized spacial score (nSPS) is 11.5. The van der Waals surface area contributed by atoms with Crippen LogP contribution in [-0.2, 0) is 0 Å². The van der Waals surface area contributed by atoms with E-state index < -0.39 is 0 Å². The van der Waals surface area contributed by atoms with Crippen LogP contribution >= 0.6 is 0 Å². The van der Waals surface area contributed by atoms with Crippen LogP contribution in [0.3, 0.4) is 0 Å². The summed E-state index contributed by atoms with van der Waals surface area (Å²) in [5.41, 5.74) is 3.53. The van der Waals surface area contributed by atoms with Gasteiger partial charge in [-0.15, -0.1) is 0 Å². The topological polar surface area (TPSA) is 0 Å². The van der Waals surface area contributed by atoms with E-state index in [0.29, 0.717) is 0 Å². The SMILES string of the molecule is C=C/C(=C\c1ccccc1)c1ccc2ccccc2c1. The largest absolute Gasteiger partial charge is 0.0984 e. The first-order chi connectivity index (χ1) is 9.86. The molecule has 3 rings (SSSR count). The molecule has 3 aromatic carbocycles. The van der Waals surface area contributed by atoms with Gasteiger partial charge in [-0.25, -0.2) is 0 Å². The molecule has 0 nitrogen and oxygen atoms in total. The zero-order chi connectivity index (χ0) is 13.8. The zero-order valence-electron chi connectivity index (χ0n) is 11.3. The van der Waals surface area contributed by atoms with E-state index >= 15 is 0 Å². The molecule has 3 aromatic rings. The Bertz CT molecular complexity index is 764. The molecule has 0 spiro atoms. The van der Waals surface area contributed by atoms with E-state index in [1.165, 1.54) is 21.9 Å². The monoisotopic (exact) mass is 256 g/mol. The van der Waals surface area contributed by atoms with Gasteiger partial charge in [0.25, 0.3) is 0 Å². The third-order valence-corrected chi connectivity index (χ3v) is 3.42. The molecule has 0 bridgehead atoms. The second-order valence-corrected chi connectivity index (χ2v) is 4.78. The average Bonchev–Trinajstić information content (AvgIpc) is 2.53. The van der Waals surface area contributed by atoms with Crippen molar-refractivity contribution in [3.8, 4) is 0 Å². The Balaban J connectivity index is 2.07. The summed E-state index contributed by atoms with van der Waals surface area (Å²) in [6.45, 7) is 3.95. The minimum absolute atomic E-state index is 1.14. The molecule has 0 aliphatic carbocycles. The number of fused-ring (bicyclic) bond motifs is 1. The van der Waals surface area contributed by atoms with Crippen molar-refractivity contribution in [2.24, 2.45) is 0 Å². The highest BCUT2D eigenvalue weighted by Gasteiger charge is 2.00. The van der Waals surface area contributed by atoms with Gasteiger partial charge in [-0.2, -0.15) is 0 Å². The Morgan fingerprint density at radius 3 is 2.20 bits per heavy atom. The van der Waals surface area contributed by atoms with E-state index in [2.05, 4.69) is 67.3 Å². The summed E-state index contributed by atoms with van der Waals surface area (Å²) in [5, 5.41) is 2.52. The maximum Gasteiger partial charge on any atom is -0.0178 e. The highest BCUT2D eigenvalue weighted by atomic mass is 14.0. The Morgan fingerprint density at radius 2 is 1.45 bits per heavy atom. The quantitative estimate of drug-likeness (QED) is 0.424. The molecule has 0 heterocycles. The van der Waals surface area contributed by atoms with Crippen LogP contribution in [0, 0.1) is 0 Å². The first-order valence-electron chi connectivity index (χ1n) is 6.75. The van der Waals surface area contributed by atoms with Crippen LogP contribution in [-0.4, -0.2) is 0 Å². The van der Waals surface area contributed by atoms with Crippen LogP contribution in [0.2, 0.25) is 0 Å². The zero-order valence-corrected chi connectivity index (χ0v) is 11.3. The molecule has 0 amide bonds. The predicted molar refractivity (Wildman–Crippen MR) is 88.5 cm³/mol. The van der Waals surface area contributed by atoms with Gasteiger partial charge < -0.3 is 0 Å². The van der Waals surface area contributed by atoms with Crippen molar-refractivity contribution >= 4 is 22.4 Å². The van der Waals surface area contributed by atoms with Gasteiger partial charge in [-0.1, -0.05) is 79.4 Å². The molecular weight excluding hydrogens is 240 g/mol. The molecule has 0 heteroatoms. The Labute approximate surface area is 119 Å². The highest BCUT2D eigenvalue weighted by molar-refractivity contribution is 5.92. The number of hydrogen-bond acceptors (Lipinski definition) is 0. The summed E-state index contributed by atoms with van der Waals surface area (Å²) in [6, 6.07) is 25.3. The van der Waals surface area contributed by atoms with Crippen LogP contribution in [0.5, 0.6) is 0 Å². The van der Waals surface area contributed by atoms with Gasteiger partial charge in [-0.3, -0.25) is 0 Å². The van der Waals surface area contributed by atoms with Crippen molar-refractivity contribution in [2.45, 2.75) is 0 Å². The summed E-state index contributed by atoms with van der Waals surface area (Å²) in [7, 11) is 0. The smallest absolute Gasteiger partial charge is 0.0178 e. The van der Waals surface area contributed by atoms with E-state index in [-0.39, 0.29) is 0 Å². The fourth-order valence-electron chi connectivity index (χ4n) is 2.36. The van der Waals surface area contributed by atoms with E-state index in [1.54, 1.807) is 0 Å². The molecule has 0 saturated heterocycles. The standard InChI is InChI=1S/C20H16/c1-2-17(14-16-8-4-3-5-9-16)20-13-12-18-10-6-7-11-19(18)15-20/h2-15H,1H2/b17-14+. The molecule has 0 fully saturated rings. The molecular formula is C20H16. The summed E-state index contributed by atoms with van der Waals surface area (Å²) in [6.07, 6.45) is 4.08. The number of rotatable bonds is 3. The minimum Gasteiger partial charge on any atom is -0.0984 e. The molecule has 0 aliphatic rings. The summed E-state index contributed by atoms with van der Waals surface area (Å²) in [4.78, 5) is 0. The summed E-state index contributed by atoms with van der Waals surface area (Å²) >= 11 is 0. The van der Waals surface area contributed by atoms with Crippen molar-refractivity contribution in [3.05, 3.63) is 96.6 Å². The molecule has 0 unspecified atom stereocenters. The Morgan fingerprint density at radius 1 is 0.750 bits per heavy atom. The Hall–Kier alpha value is -2.60. The van der Waals surface area contributed by atoms with Gasteiger partial charge in [0, 0.05) is 0 Å². The predicted octanol–water partition coefficient (Wildman–Crippen LogP) is 5.57. The highest BCUT2D eigenvalue weighted by Crippen LogP contribution is 2.23. The van der Waals surface area contributed by atoms with Crippen LogP contribution < -0.4 is 0 Å². The maximum absolute atomic E-state index is 3.95. The van der Waals surface area contributed by atoms with Gasteiger partial charge in [0.05, 0.1) is 0 Å². The molecule has 0 atom stereocenters. The fraction of sp³-hybridized carbons (Fsp3) is 0. The molecule has 0 aliphatic heterocycles. The van der Waals surface area contributed by atoms with E-state index in [0.717, 1.165) is 5.57 Å². The molecule has 0 aromatic heterocycles. The third kappa shape index (κ3) is 2.55. The maximum atomic E-state index is 3.95. The lowest BCUT2D eigenvalue weighted by Crippen LogP contribution is -1.82. The van der Waals surface area contributed by atoms with Crippen molar-refractivity contribution in [1.82, 2.24) is 0 Å². The van der Waals surface area contributed by atoms with Crippen molar-refractivity contribution in [3.63, 3.8) is 0 Å². The first kappa shape index (κ1) is 12.4. The number of benzene rings is 3. The van der Waals surface area contributed by atoms with Crippen molar-refractivity contribution in [1.29, 1.82) is 0 Å². The lowest BCUT2D eigenvalue weighted by molar-refractivity contribution is 1.64. The molecule has 96 valence electrons. The second kappa shape index (κ2) is 5.58. The van der Waals surface area contributed by atoms with E-state index in [1.807, 2.05) is 24.3 Å². The van der Waals surface area contributed by atoms with Crippen LogP contribution in [0.15, 0.2) is 85.5 Å². The molecule has 20 heavy (non-hydrogen) atoms. The number of hydrogen-bond donors (Lipinski definition) is 0. The van der Waals surface area contributed by atoms with Crippen LogP contribution in [0.25, 0.3) is 22.4 Å². The van der Waals surface area contributed by atoms with Gasteiger partial charge in [-0.05, 0) is 39.6 Å². The van der Waals surface area contributed by atoms with Gasteiger partial charge in [0.1, 0.15) is 0 Å². The lowest BCUT2D eigenvalue weighted by Gasteiger charge is -2.05. The van der Waals surface area contributed by atoms with E-state index in [4.69, 9.17) is 0 Å². The van der Waals surface area contributed by atoms with Crippen LogP contribution in [0.4, 0.5) is 0 Å². The second-order valence-electron chi connectivity index (χ2n) is 4.78. The molecule has 0 saturated carbocycles. The summed E-state index contributed by atoms with van der Waals surface area (Å²) < 4.78 is 0. The summed E-state index contributed by atoms with van der Waals surface area (Å²) in [5.74, 6) is 0.